The molecule has 1 aliphatic carbocycles. The van der Waals surface area contributed by atoms with Crippen molar-refractivity contribution < 1.29 is 65.5 Å². The number of likely N-dealkylation sites (tertiary alicyclic amines) is 1. The van der Waals surface area contributed by atoms with Gasteiger partial charge in [0.2, 0.25) is 5.91 Å². The number of fused-ring (bicyclic) bond motifs is 3. The Morgan fingerprint density at radius 2 is 1.35 bits per heavy atom. The van der Waals surface area contributed by atoms with Crippen molar-refractivity contribution in [1.29, 1.82) is 0 Å². The third kappa shape index (κ3) is 5.26. The molecule has 0 saturated carbocycles. The van der Waals surface area contributed by atoms with Crippen LogP contribution >= 0.6 is 0 Å². The lowest BCUT2D eigenvalue weighted by Crippen LogP contribution is -2.54. The Hall–Kier alpha value is -2.89. The van der Waals surface area contributed by atoms with E-state index in [1.165, 1.54) is 4.90 Å². The molecule has 18 heteroatoms. The zero-order valence-corrected chi connectivity index (χ0v) is 25.1. The molecule has 2 fully saturated rings. The fourth-order valence-electron chi connectivity index (χ4n) is 6.90. The summed E-state index contributed by atoms with van der Waals surface area (Å²) in [4.78, 5) is 14.2. The van der Waals surface area contributed by atoms with E-state index >= 15 is 0 Å². The minimum Gasteiger partial charge on any atom is -0.337 e. The molecule has 2 unspecified atom stereocenters. The van der Waals surface area contributed by atoms with Crippen molar-refractivity contribution in [1.82, 2.24) is 4.90 Å². The van der Waals surface area contributed by atoms with Gasteiger partial charge in [0.05, 0.1) is 28.0 Å². The molecule has 0 radical (unpaired) electrons. The lowest BCUT2D eigenvalue weighted by molar-refractivity contribution is -0.348. The first-order valence-electron chi connectivity index (χ1n) is 13.9. The van der Waals surface area contributed by atoms with E-state index in [0.29, 0.717) is 36.4 Å². The maximum absolute atomic E-state index is 15.0. The first-order chi connectivity index (χ1) is 21.0. The Bertz CT molecular complexity index is 1720. The molecule has 2 saturated heterocycles. The molecule has 0 spiro atoms. The van der Waals surface area contributed by atoms with E-state index in [-0.39, 0.29) is 60.9 Å². The molecule has 3 aliphatic rings. The number of hydrogen-bond donors (Lipinski definition) is 0. The molecule has 1 amide bonds. The largest absolute Gasteiger partial charge is 0.435 e. The highest BCUT2D eigenvalue weighted by Gasteiger charge is 2.74. The number of nitrogens with zero attached hydrogens (tertiary/aromatic N) is 1. The Morgan fingerprint density at radius 3 is 1.87 bits per heavy atom. The van der Waals surface area contributed by atoms with Gasteiger partial charge < -0.3 is 4.90 Å². The fourth-order valence-corrected chi connectivity index (χ4v) is 10.8. The molecule has 0 aromatic heterocycles. The van der Waals surface area contributed by atoms with Crippen LogP contribution in [0.4, 0.5) is 43.9 Å². The van der Waals surface area contributed by atoms with Crippen molar-refractivity contribution >= 4 is 25.6 Å². The smallest absolute Gasteiger partial charge is 0.337 e. The quantitative estimate of drug-likeness (QED) is 0.362. The van der Waals surface area contributed by atoms with Crippen molar-refractivity contribution in [3.8, 4) is 0 Å². The van der Waals surface area contributed by atoms with Crippen molar-refractivity contribution in [2.24, 2.45) is 5.92 Å². The van der Waals surface area contributed by atoms with Gasteiger partial charge >= 0.3 is 24.2 Å². The summed E-state index contributed by atoms with van der Waals surface area (Å²) in [5.74, 6) is -2.01. The van der Waals surface area contributed by atoms with E-state index in [4.69, 9.17) is 0 Å². The summed E-state index contributed by atoms with van der Waals surface area (Å²) in [7, 11) is -8.25. The zero-order chi connectivity index (χ0) is 34.3. The van der Waals surface area contributed by atoms with Crippen LogP contribution in [0.3, 0.4) is 0 Å². The number of benzene rings is 2. The lowest BCUT2D eigenvalue weighted by Gasteiger charge is -2.43. The molecule has 0 bridgehead atoms. The molecule has 6 nitrogen and oxygen atoms in total. The number of carbonyl (C=O) groups excluding carboxylic acids is 1. The minimum atomic E-state index is -6.44. The number of alkyl halides is 10. The predicted molar refractivity (Wildman–Crippen MR) is 141 cm³/mol. The van der Waals surface area contributed by atoms with Crippen molar-refractivity contribution in [3.05, 3.63) is 64.7 Å². The van der Waals surface area contributed by atoms with Gasteiger partial charge in [-0.2, -0.15) is 39.5 Å². The number of sulfone groups is 2. The van der Waals surface area contributed by atoms with Gasteiger partial charge in [0.1, 0.15) is 14.6 Å². The molecule has 2 aliphatic heterocycles. The van der Waals surface area contributed by atoms with Gasteiger partial charge in [-0.15, -0.1) is 0 Å². The van der Waals surface area contributed by atoms with Crippen molar-refractivity contribution in [2.45, 2.75) is 72.0 Å². The zero-order valence-electron chi connectivity index (χ0n) is 23.4. The fraction of sp³-hybridized carbons (Fsp3) is 0.536. The van der Waals surface area contributed by atoms with Crippen LogP contribution < -0.4 is 0 Å². The topological polar surface area (TPSA) is 88.6 Å². The third-order valence-corrected chi connectivity index (χ3v) is 13.5. The van der Waals surface area contributed by atoms with E-state index in [1.54, 1.807) is 0 Å². The first kappa shape index (κ1) is 34.4. The second-order valence-corrected chi connectivity index (χ2v) is 16.2. The van der Waals surface area contributed by atoms with E-state index in [1.807, 2.05) is 0 Å². The highest BCUT2D eigenvalue weighted by atomic mass is 32.2. The van der Waals surface area contributed by atoms with Gasteiger partial charge in [0.15, 0.2) is 9.84 Å². The van der Waals surface area contributed by atoms with Gasteiger partial charge in [-0.1, -0.05) is 18.2 Å². The van der Waals surface area contributed by atoms with E-state index in [0.717, 1.165) is 0 Å². The van der Waals surface area contributed by atoms with Gasteiger partial charge in [0, 0.05) is 18.0 Å². The molecule has 2 heterocycles. The van der Waals surface area contributed by atoms with Crippen LogP contribution in [0.2, 0.25) is 0 Å². The second kappa shape index (κ2) is 10.8. The van der Waals surface area contributed by atoms with Crippen LogP contribution in [0.25, 0.3) is 0 Å². The van der Waals surface area contributed by atoms with Crippen LogP contribution in [0.5, 0.6) is 0 Å². The van der Waals surface area contributed by atoms with Gasteiger partial charge in [0.25, 0.3) is 0 Å². The summed E-state index contributed by atoms with van der Waals surface area (Å²) in [5, 5.41) is 0. The van der Waals surface area contributed by atoms with Gasteiger partial charge in [-0.05, 0) is 67.5 Å². The maximum Gasteiger partial charge on any atom is 0.435 e. The first-order valence-corrected chi connectivity index (χ1v) is 17.2. The summed E-state index contributed by atoms with van der Waals surface area (Å²) in [6.45, 7) is -0.272. The monoisotopic (exact) mass is 709 g/mol. The highest BCUT2D eigenvalue weighted by Crippen LogP contribution is 2.57. The SMILES string of the molecule is O=C(C1CCS(=O)(=O)CC1)N1CCC2(S(=O)(=O)c3ccc(C(F)(F)F)cc3)c3ccc(C(F)(C(F)(F)F)C(F)(F)F)cc3CCC12. The molecule has 0 N–H and O–H groups in total. The summed E-state index contributed by atoms with van der Waals surface area (Å²) in [5.41, 5.74) is -9.49. The predicted octanol–water partition coefficient (Wildman–Crippen LogP) is 6.04. The third-order valence-electron chi connectivity index (χ3n) is 9.22. The highest BCUT2D eigenvalue weighted by molar-refractivity contribution is 7.92. The minimum absolute atomic E-state index is 0.0591. The normalized spacial score (nSPS) is 24.4. The van der Waals surface area contributed by atoms with Gasteiger partial charge in [-0.25, -0.2) is 21.2 Å². The van der Waals surface area contributed by atoms with E-state index in [2.05, 4.69) is 0 Å². The summed E-state index contributed by atoms with van der Waals surface area (Å²) >= 11 is 0. The average molecular weight is 710 g/mol. The standard InChI is InChI=1S/C28H25F10NO5S2/c29-25(27(33,34)35,28(36,37)38)19-4-7-21-17(15-19)1-8-22-24(21,46(43,44)20-5-2-18(3-6-20)26(30,31)32)11-12-39(22)23(40)16-9-13-45(41,42)14-10-16/h2-7,15-16,22H,1,8-14H2. The summed E-state index contributed by atoms with van der Waals surface area (Å²) in [6, 6.07) is 2.18. The number of hydrogen-bond acceptors (Lipinski definition) is 5. The number of halogens is 10. The Kier molecular flexibility index (Phi) is 8.10. The molecule has 5 rings (SSSR count). The van der Waals surface area contributed by atoms with Crippen LogP contribution in [-0.4, -0.2) is 64.1 Å². The van der Waals surface area contributed by atoms with Crippen LogP contribution in [0, 0.1) is 5.92 Å². The maximum atomic E-state index is 15.0. The van der Waals surface area contributed by atoms with Crippen molar-refractivity contribution in [2.75, 3.05) is 18.1 Å². The lowest BCUT2D eigenvalue weighted by atomic mass is 9.76. The Labute approximate surface area is 256 Å². The Balaban J connectivity index is 1.66. The molecule has 2 aromatic rings. The van der Waals surface area contributed by atoms with Gasteiger partial charge in [-0.3, -0.25) is 4.79 Å². The summed E-state index contributed by atoms with van der Waals surface area (Å²) in [6.07, 6.45) is -19.0. The van der Waals surface area contributed by atoms with Crippen LogP contribution in [0.15, 0.2) is 47.4 Å². The van der Waals surface area contributed by atoms with E-state index in [9.17, 15) is 65.5 Å². The second-order valence-electron chi connectivity index (χ2n) is 11.7. The molecule has 254 valence electrons. The molecular weight excluding hydrogens is 684 g/mol. The number of rotatable bonds is 4. The number of aryl methyl sites for hydroxylation is 1. The molecule has 46 heavy (non-hydrogen) atoms. The van der Waals surface area contributed by atoms with E-state index < -0.39 is 88.9 Å². The van der Waals surface area contributed by atoms with Crippen LogP contribution in [-0.2, 0) is 47.5 Å². The van der Waals surface area contributed by atoms with Crippen LogP contribution in [0.1, 0.15) is 47.9 Å². The average Bonchev–Trinajstić information content (AvgIpc) is 3.36. The molecule has 2 atom stereocenters. The molecule has 2 aromatic carbocycles. The Morgan fingerprint density at radius 1 is 0.804 bits per heavy atom. The summed E-state index contributed by atoms with van der Waals surface area (Å²) < 4.78 is 186. The van der Waals surface area contributed by atoms with Crippen molar-refractivity contribution in [3.63, 3.8) is 0 Å². The number of carbonyl (C=O) groups is 1. The number of amides is 1. The molecular formula is C28H25F10NO5S2.